The Hall–Kier alpha value is -1.71. The van der Waals surface area contributed by atoms with Gasteiger partial charge in [-0.3, -0.25) is 4.79 Å². The molecule has 30 heavy (non-hydrogen) atoms. The minimum atomic E-state index is -3.82. The van der Waals surface area contributed by atoms with E-state index in [1.165, 1.54) is 16.4 Å². The Morgan fingerprint density at radius 3 is 2.33 bits per heavy atom. The smallest absolute Gasteiger partial charge is 0.246 e. The second-order valence-electron chi connectivity index (χ2n) is 6.91. The van der Waals surface area contributed by atoms with Gasteiger partial charge in [0.1, 0.15) is 4.90 Å². The van der Waals surface area contributed by atoms with Crippen LogP contribution in [0.2, 0.25) is 10.0 Å². The highest BCUT2D eigenvalue weighted by Crippen LogP contribution is 2.32. The van der Waals surface area contributed by atoms with E-state index in [0.29, 0.717) is 25.9 Å². The molecular weight excluding hydrogens is 465 g/mol. The molecule has 0 saturated carbocycles. The summed E-state index contributed by atoms with van der Waals surface area (Å²) >= 11 is 13.8. The molecule has 1 aliphatic rings. The van der Waals surface area contributed by atoms with Crippen LogP contribution in [0.3, 0.4) is 0 Å². The molecule has 1 fully saturated rings. The van der Waals surface area contributed by atoms with Crippen LogP contribution < -0.4 is 0 Å². The fourth-order valence-corrected chi connectivity index (χ4v) is 6.92. The number of thiazole rings is 1. The molecule has 0 N–H and O–H groups in total. The first kappa shape index (κ1) is 21.5. The second-order valence-corrected chi connectivity index (χ2v) is 10.7. The molecule has 0 bridgehead atoms. The van der Waals surface area contributed by atoms with Crippen molar-refractivity contribution >= 4 is 60.7 Å². The van der Waals surface area contributed by atoms with Crippen molar-refractivity contribution in [3.05, 3.63) is 57.5 Å². The molecule has 6 nitrogen and oxygen atoms in total. The molecule has 1 saturated heterocycles. The number of amides is 1. The van der Waals surface area contributed by atoms with E-state index in [1.54, 1.807) is 22.3 Å². The quantitative estimate of drug-likeness (QED) is 0.548. The average Bonchev–Trinajstić information content (AvgIpc) is 3.15. The lowest BCUT2D eigenvalue weighted by Crippen LogP contribution is -2.50. The number of benzene rings is 2. The molecule has 1 aliphatic heterocycles. The molecule has 2 heterocycles. The fraction of sp³-hybridized carbons (Fsp3) is 0.300. The van der Waals surface area contributed by atoms with Crippen LogP contribution in [-0.2, 0) is 21.2 Å². The van der Waals surface area contributed by atoms with Crippen LogP contribution in [0.5, 0.6) is 0 Å². The number of rotatable bonds is 5. The molecule has 0 spiro atoms. The van der Waals surface area contributed by atoms with Gasteiger partial charge in [-0.15, -0.1) is 11.3 Å². The summed E-state index contributed by atoms with van der Waals surface area (Å²) in [7, 11) is -3.82. The number of hydrogen-bond donors (Lipinski definition) is 0. The monoisotopic (exact) mass is 483 g/mol. The molecule has 1 amide bonds. The zero-order chi connectivity index (χ0) is 21.3. The molecule has 2 aromatic carbocycles. The van der Waals surface area contributed by atoms with E-state index < -0.39 is 10.0 Å². The maximum atomic E-state index is 12.9. The summed E-state index contributed by atoms with van der Waals surface area (Å²) < 4.78 is 28.3. The van der Waals surface area contributed by atoms with E-state index in [2.05, 4.69) is 4.98 Å². The van der Waals surface area contributed by atoms with Crippen molar-refractivity contribution in [2.45, 2.75) is 17.7 Å². The first-order valence-electron chi connectivity index (χ1n) is 9.42. The third-order valence-corrected chi connectivity index (χ3v) is 8.95. The first-order valence-corrected chi connectivity index (χ1v) is 12.4. The van der Waals surface area contributed by atoms with Crippen LogP contribution in [0, 0.1) is 0 Å². The number of fused-ring (bicyclic) bond motifs is 1. The summed E-state index contributed by atoms with van der Waals surface area (Å²) in [6.07, 6.45) is 0.925. The van der Waals surface area contributed by atoms with Crippen molar-refractivity contribution in [2.75, 3.05) is 26.2 Å². The molecule has 0 atom stereocenters. The topological polar surface area (TPSA) is 70.6 Å². The molecule has 1 aromatic heterocycles. The van der Waals surface area contributed by atoms with Gasteiger partial charge in [0, 0.05) is 39.0 Å². The highest BCUT2D eigenvalue weighted by atomic mass is 35.5. The zero-order valence-electron chi connectivity index (χ0n) is 15.9. The van der Waals surface area contributed by atoms with Crippen molar-refractivity contribution in [3.63, 3.8) is 0 Å². The largest absolute Gasteiger partial charge is 0.340 e. The van der Waals surface area contributed by atoms with E-state index in [4.69, 9.17) is 23.2 Å². The van der Waals surface area contributed by atoms with Crippen LogP contribution >= 0.6 is 34.5 Å². The number of hydrogen-bond acceptors (Lipinski definition) is 5. The number of carbonyl (C=O) groups is 1. The van der Waals surface area contributed by atoms with Gasteiger partial charge in [0.2, 0.25) is 15.9 Å². The van der Waals surface area contributed by atoms with Gasteiger partial charge in [0.15, 0.2) is 0 Å². The number of para-hydroxylation sites is 1. The van der Waals surface area contributed by atoms with Gasteiger partial charge in [-0.1, -0.05) is 41.4 Å². The lowest BCUT2D eigenvalue weighted by molar-refractivity contribution is -0.132. The lowest BCUT2D eigenvalue weighted by atomic mass is 10.2. The van der Waals surface area contributed by atoms with Gasteiger partial charge >= 0.3 is 0 Å². The molecule has 10 heteroatoms. The summed E-state index contributed by atoms with van der Waals surface area (Å²) in [4.78, 5) is 18.8. The number of piperazine rings is 1. The maximum absolute atomic E-state index is 12.9. The van der Waals surface area contributed by atoms with Gasteiger partial charge in [0.05, 0.1) is 25.3 Å². The standard InChI is InChI=1S/C20H19Cl2N3O3S2/c21-14-4-3-5-15(22)20(14)30(27,28)25-12-10-24(11-13-25)19(26)9-8-18-23-16-6-1-2-7-17(16)29-18/h1-7H,8-13H2. The molecular formula is C20H19Cl2N3O3S2. The van der Waals surface area contributed by atoms with Gasteiger partial charge < -0.3 is 4.90 Å². The Morgan fingerprint density at radius 1 is 1.00 bits per heavy atom. The second kappa shape index (κ2) is 8.80. The van der Waals surface area contributed by atoms with E-state index in [0.717, 1.165) is 15.2 Å². The molecule has 0 unspecified atom stereocenters. The molecule has 3 aromatic rings. The van der Waals surface area contributed by atoms with Crippen molar-refractivity contribution in [3.8, 4) is 0 Å². The summed E-state index contributed by atoms with van der Waals surface area (Å²) in [5.41, 5.74) is 0.946. The minimum absolute atomic E-state index is 0.00193. The average molecular weight is 484 g/mol. The molecule has 4 rings (SSSR count). The third-order valence-electron chi connectivity index (χ3n) is 5.00. The summed E-state index contributed by atoms with van der Waals surface area (Å²) in [5, 5.41) is 1.12. The number of aryl methyl sites for hydroxylation is 1. The van der Waals surface area contributed by atoms with Crippen molar-refractivity contribution in [1.82, 2.24) is 14.2 Å². The lowest BCUT2D eigenvalue weighted by Gasteiger charge is -2.34. The zero-order valence-corrected chi connectivity index (χ0v) is 19.1. The SMILES string of the molecule is O=C(CCc1nc2ccccc2s1)N1CCN(S(=O)(=O)c2c(Cl)cccc2Cl)CC1. The summed E-state index contributed by atoms with van der Waals surface area (Å²) in [6.45, 7) is 1.08. The summed E-state index contributed by atoms with van der Waals surface area (Å²) in [5.74, 6) is 0.00193. The Morgan fingerprint density at radius 2 is 1.67 bits per heavy atom. The predicted octanol–water partition coefficient (Wildman–Crippen LogP) is 4.07. The predicted molar refractivity (Wildman–Crippen MR) is 120 cm³/mol. The van der Waals surface area contributed by atoms with Gasteiger partial charge in [0.25, 0.3) is 0 Å². The van der Waals surface area contributed by atoms with E-state index in [1.807, 2.05) is 24.3 Å². The van der Waals surface area contributed by atoms with Crippen LogP contribution in [-0.4, -0.2) is 54.7 Å². The molecule has 158 valence electrons. The van der Waals surface area contributed by atoms with Gasteiger partial charge in [-0.25, -0.2) is 13.4 Å². The van der Waals surface area contributed by atoms with Gasteiger partial charge in [-0.05, 0) is 24.3 Å². The Balaban J connectivity index is 1.36. The Labute approximate surface area is 189 Å². The van der Waals surface area contributed by atoms with Crippen LogP contribution in [0.25, 0.3) is 10.2 Å². The number of sulfonamides is 1. The number of halogens is 2. The summed E-state index contributed by atoms with van der Waals surface area (Å²) in [6, 6.07) is 12.5. The number of aromatic nitrogens is 1. The third kappa shape index (κ3) is 4.33. The highest BCUT2D eigenvalue weighted by molar-refractivity contribution is 7.89. The fourth-order valence-electron chi connectivity index (χ4n) is 3.43. The van der Waals surface area contributed by atoms with Gasteiger partial charge in [-0.2, -0.15) is 4.31 Å². The Kier molecular flexibility index (Phi) is 6.31. The number of carbonyl (C=O) groups excluding carboxylic acids is 1. The van der Waals surface area contributed by atoms with Crippen molar-refractivity contribution < 1.29 is 13.2 Å². The highest BCUT2D eigenvalue weighted by Gasteiger charge is 2.32. The Bertz CT molecular complexity index is 1140. The van der Waals surface area contributed by atoms with Crippen LogP contribution in [0.1, 0.15) is 11.4 Å². The van der Waals surface area contributed by atoms with E-state index >= 15 is 0 Å². The molecule has 0 aliphatic carbocycles. The normalized spacial score (nSPS) is 15.6. The van der Waals surface area contributed by atoms with Crippen LogP contribution in [0.4, 0.5) is 0 Å². The maximum Gasteiger partial charge on any atom is 0.246 e. The van der Waals surface area contributed by atoms with E-state index in [9.17, 15) is 13.2 Å². The number of nitrogens with zero attached hydrogens (tertiary/aromatic N) is 3. The first-order chi connectivity index (χ1) is 14.4. The van der Waals surface area contributed by atoms with Crippen LogP contribution in [0.15, 0.2) is 47.4 Å². The van der Waals surface area contributed by atoms with E-state index in [-0.39, 0.29) is 33.9 Å². The van der Waals surface area contributed by atoms with Crippen molar-refractivity contribution in [2.24, 2.45) is 0 Å². The molecule has 0 radical (unpaired) electrons. The minimum Gasteiger partial charge on any atom is -0.340 e. The van der Waals surface area contributed by atoms with Crippen molar-refractivity contribution in [1.29, 1.82) is 0 Å².